The molecule has 2 atom stereocenters. The summed E-state index contributed by atoms with van der Waals surface area (Å²) in [4.78, 5) is 48.9. The number of nitro groups is 1. The van der Waals surface area contributed by atoms with Gasteiger partial charge in [0.25, 0.3) is 11.6 Å². The van der Waals surface area contributed by atoms with Crippen molar-refractivity contribution < 1.29 is 24.0 Å². The van der Waals surface area contributed by atoms with Crippen molar-refractivity contribution in [1.29, 1.82) is 0 Å². The summed E-state index contributed by atoms with van der Waals surface area (Å²) in [6.45, 7) is 3.17. The Labute approximate surface area is 179 Å². The van der Waals surface area contributed by atoms with Crippen molar-refractivity contribution in [3.8, 4) is 0 Å². The number of nitrogens with one attached hydrogen (secondary N) is 1. The van der Waals surface area contributed by atoms with Crippen LogP contribution in [0.25, 0.3) is 0 Å². The van der Waals surface area contributed by atoms with E-state index < -0.39 is 29.3 Å². The second kappa shape index (κ2) is 9.38. The largest absolute Gasteiger partial charge is 0.455 e. The Morgan fingerprint density at radius 3 is 2.65 bits per heavy atom. The van der Waals surface area contributed by atoms with Gasteiger partial charge < -0.3 is 15.0 Å². The molecule has 162 valence electrons. The molecular weight excluding hydrogens is 402 g/mol. The van der Waals surface area contributed by atoms with Gasteiger partial charge in [0.1, 0.15) is 0 Å². The van der Waals surface area contributed by atoms with E-state index in [9.17, 15) is 24.5 Å². The minimum absolute atomic E-state index is 0.0295. The molecule has 0 radical (unpaired) electrons. The van der Waals surface area contributed by atoms with Gasteiger partial charge in [0.15, 0.2) is 6.61 Å². The van der Waals surface area contributed by atoms with Gasteiger partial charge in [-0.1, -0.05) is 36.4 Å². The Morgan fingerprint density at radius 2 is 1.97 bits per heavy atom. The lowest BCUT2D eigenvalue weighted by atomic mass is 10.1. The Bertz CT molecular complexity index is 1010. The molecule has 1 aliphatic heterocycles. The van der Waals surface area contributed by atoms with Crippen LogP contribution in [-0.4, -0.2) is 40.8 Å². The molecule has 0 aromatic heterocycles. The van der Waals surface area contributed by atoms with E-state index in [0.717, 1.165) is 5.56 Å². The minimum atomic E-state index is -0.646. The molecule has 2 aromatic rings. The van der Waals surface area contributed by atoms with E-state index in [0.29, 0.717) is 5.56 Å². The van der Waals surface area contributed by atoms with Crippen LogP contribution in [0.2, 0.25) is 0 Å². The van der Waals surface area contributed by atoms with Gasteiger partial charge >= 0.3 is 5.97 Å². The monoisotopic (exact) mass is 425 g/mol. The number of esters is 1. The molecule has 0 unspecified atom stereocenters. The van der Waals surface area contributed by atoms with Gasteiger partial charge in [0.05, 0.1) is 16.9 Å². The van der Waals surface area contributed by atoms with E-state index in [1.165, 1.54) is 18.2 Å². The molecule has 31 heavy (non-hydrogen) atoms. The molecule has 2 aromatic carbocycles. The lowest BCUT2D eigenvalue weighted by molar-refractivity contribution is -0.385. The molecule has 0 aliphatic carbocycles. The number of ether oxygens (including phenoxy) is 1. The fraction of sp³-hybridized carbons (Fsp3) is 0.318. The van der Waals surface area contributed by atoms with Crippen molar-refractivity contribution >= 4 is 29.2 Å². The maximum absolute atomic E-state index is 12.4. The van der Waals surface area contributed by atoms with Gasteiger partial charge in [-0.2, -0.15) is 0 Å². The summed E-state index contributed by atoms with van der Waals surface area (Å²) in [5, 5.41) is 13.5. The van der Waals surface area contributed by atoms with Crippen LogP contribution in [0.4, 0.5) is 11.4 Å². The van der Waals surface area contributed by atoms with E-state index in [1.54, 1.807) is 11.8 Å². The predicted molar refractivity (Wildman–Crippen MR) is 112 cm³/mol. The number of hydrogen-bond acceptors (Lipinski definition) is 6. The number of hydrogen-bond donors (Lipinski definition) is 1. The number of nitrogens with zero attached hydrogens (tertiary/aromatic N) is 2. The molecule has 1 fully saturated rings. The number of carbonyl (C=O) groups is 3. The molecule has 0 saturated carbocycles. The maximum atomic E-state index is 12.4. The van der Waals surface area contributed by atoms with Gasteiger partial charge in [0.2, 0.25) is 5.91 Å². The molecule has 1 heterocycles. The highest BCUT2D eigenvalue weighted by molar-refractivity contribution is 5.94. The molecule has 3 rings (SSSR count). The number of anilines is 1. The Hall–Kier alpha value is -3.75. The van der Waals surface area contributed by atoms with Crippen molar-refractivity contribution in [2.24, 2.45) is 5.92 Å². The Morgan fingerprint density at radius 1 is 1.26 bits per heavy atom. The molecule has 9 nitrogen and oxygen atoms in total. The lowest BCUT2D eigenvalue weighted by Crippen LogP contribution is -2.30. The summed E-state index contributed by atoms with van der Waals surface area (Å²) in [6.07, 6.45) is 0.0295. The van der Waals surface area contributed by atoms with Crippen LogP contribution in [0.3, 0.4) is 0 Å². The lowest BCUT2D eigenvalue weighted by Gasteiger charge is -2.25. The normalized spacial score (nSPS) is 16.6. The molecule has 1 saturated heterocycles. The van der Waals surface area contributed by atoms with Crippen LogP contribution >= 0.6 is 0 Å². The van der Waals surface area contributed by atoms with Gasteiger partial charge in [-0.05, 0) is 25.5 Å². The number of nitro benzene ring substituents is 1. The summed E-state index contributed by atoms with van der Waals surface area (Å²) in [7, 11) is 0. The molecule has 1 N–H and O–H groups in total. The maximum Gasteiger partial charge on any atom is 0.311 e. The number of aryl methyl sites for hydroxylation is 1. The van der Waals surface area contributed by atoms with Gasteiger partial charge in [-0.25, -0.2) is 0 Å². The quantitative estimate of drug-likeness (QED) is 0.414. The highest BCUT2D eigenvalue weighted by Crippen LogP contribution is 2.29. The first-order valence-corrected chi connectivity index (χ1v) is 9.82. The van der Waals surface area contributed by atoms with Gasteiger partial charge in [-0.3, -0.25) is 24.5 Å². The summed E-state index contributed by atoms with van der Waals surface area (Å²) < 4.78 is 5.08. The molecule has 1 aliphatic rings. The highest BCUT2D eigenvalue weighted by Gasteiger charge is 2.38. The summed E-state index contributed by atoms with van der Waals surface area (Å²) >= 11 is 0. The number of benzene rings is 2. The van der Waals surface area contributed by atoms with E-state index in [-0.39, 0.29) is 36.3 Å². The zero-order valence-electron chi connectivity index (χ0n) is 17.2. The van der Waals surface area contributed by atoms with Crippen molar-refractivity contribution in [2.45, 2.75) is 26.3 Å². The van der Waals surface area contributed by atoms with Crippen LogP contribution in [0.5, 0.6) is 0 Å². The molecule has 0 bridgehead atoms. The van der Waals surface area contributed by atoms with Crippen LogP contribution in [-0.2, 0) is 19.1 Å². The number of rotatable bonds is 7. The topological polar surface area (TPSA) is 119 Å². The van der Waals surface area contributed by atoms with Gasteiger partial charge in [0, 0.05) is 30.3 Å². The SMILES string of the molecule is Cc1ccc(NC(=O)COC(=O)[C@@H]2CC(=O)N([C@H](C)c3ccccc3)C2)cc1[N+](=O)[O-]. The van der Waals surface area contributed by atoms with Crippen LogP contribution in [0, 0.1) is 23.0 Å². The van der Waals surface area contributed by atoms with Crippen molar-refractivity contribution in [1.82, 2.24) is 4.90 Å². The van der Waals surface area contributed by atoms with Crippen molar-refractivity contribution in [2.75, 3.05) is 18.5 Å². The first-order chi connectivity index (χ1) is 14.8. The van der Waals surface area contributed by atoms with Gasteiger partial charge in [-0.15, -0.1) is 0 Å². The van der Waals surface area contributed by atoms with E-state index in [2.05, 4.69) is 5.32 Å². The van der Waals surface area contributed by atoms with E-state index >= 15 is 0 Å². The molecular formula is C22H23N3O6. The molecule has 9 heteroatoms. The molecule has 0 spiro atoms. The van der Waals surface area contributed by atoms with E-state index in [1.807, 2.05) is 37.3 Å². The second-order valence-corrected chi connectivity index (χ2v) is 7.45. The second-order valence-electron chi connectivity index (χ2n) is 7.45. The van der Waals surface area contributed by atoms with Crippen LogP contribution in [0.15, 0.2) is 48.5 Å². The average molecular weight is 425 g/mol. The smallest absolute Gasteiger partial charge is 0.311 e. The van der Waals surface area contributed by atoms with Crippen molar-refractivity contribution in [3.63, 3.8) is 0 Å². The zero-order valence-corrected chi connectivity index (χ0v) is 17.2. The first kappa shape index (κ1) is 21.9. The zero-order chi connectivity index (χ0) is 22.5. The number of amides is 2. The summed E-state index contributed by atoms with van der Waals surface area (Å²) in [5.41, 5.74) is 1.55. The standard InChI is InChI=1S/C22H23N3O6/c1-14-8-9-18(11-19(14)25(29)30)23-20(26)13-31-22(28)17-10-21(27)24(12-17)15(2)16-6-4-3-5-7-16/h3-9,11,15,17H,10,12-13H2,1-2H3,(H,23,26)/t15-,17-/m1/s1. The highest BCUT2D eigenvalue weighted by atomic mass is 16.6. The first-order valence-electron chi connectivity index (χ1n) is 9.82. The third-order valence-corrected chi connectivity index (χ3v) is 5.28. The third-order valence-electron chi connectivity index (χ3n) is 5.28. The van der Waals surface area contributed by atoms with Crippen molar-refractivity contribution in [3.05, 3.63) is 69.8 Å². The predicted octanol–water partition coefficient (Wildman–Crippen LogP) is 2.99. The Kier molecular flexibility index (Phi) is 6.64. The fourth-order valence-corrected chi connectivity index (χ4v) is 3.51. The fourth-order valence-electron chi connectivity index (χ4n) is 3.51. The van der Waals surface area contributed by atoms with Crippen LogP contribution < -0.4 is 5.32 Å². The summed E-state index contributed by atoms with van der Waals surface area (Å²) in [5.74, 6) is -2.03. The minimum Gasteiger partial charge on any atom is -0.455 e. The van der Waals surface area contributed by atoms with E-state index in [4.69, 9.17) is 4.74 Å². The van der Waals surface area contributed by atoms with Crippen LogP contribution in [0.1, 0.15) is 30.5 Å². The number of carbonyl (C=O) groups excluding carboxylic acids is 3. The average Bonchev–Trinajstić information content (AvgIpc) is 3.15. The number of likely N-dealkylation sites (tertiary alicyclic amines) is 1. The molecule has 2 amide bonds. The third kappa shape index (κ3) is 5.25. The Balaban J connectivity index is 1.53. The summed E-state index contributed by atoms with van der Waals surface area (Å²) in [6, 6.07) is 13.6.